The van der Waals surface area contributed by atoms with Crippen LogP contribution in [0.2, 0.25) is 0 Å². The van der Waals surface area contributed by atoms with Gasteiger partial charge in [-0.25, -0.2) is 4.98 Å². The number of carbonyl (C=O) groups excluding carboxylic acids is 1. The molecule has 0 aliphatic rings. The average molecular weight is 453 g/mol. The number of benzene rings is 2. The van der Waals surface area contributed by atoms with E-state index in [9.17, 15) is 14.7 Å². The van der Waals surface area contributed by atoms with Gasteiger partial charge in [0.1, 0.15) is 5.82 Å². The molecule has 0 fully saturated rings. The molecule has 0 atom stereocenters. The summed E-state index contributed by atoms with van der Waals surface area (Å²) in [5.41, 5.74) is 1.37. The van der Waals surface area contributed by atoms with E-state index in [1.54, 1.807) is 18.2 Å². The highest BCUT2D eigenvalue weighted by Gasteiger charge is 2.21. The summed E-state index contributed by atoms with van der Waals surface area (Å²) in [5.74, 6) is -0.0989. The van der Waals surface area contributed by atoms with Crippen molar-refractivity contribution in [2.75, 3.05) is 28.3 Å². The first-order chi connectivity index (χ1) is 15.8. The van der Waals surface area contributed by atoms with E-state index in [-0.39, 0.29) is 18.1 Å². The van der Waals surface area contributed by atoms with Gasteiger partial charge in [-0.1, -0.05) is 36.4 Å². The Morgan fingerprint density at radius 1 is 1.12 bits per heavy atom. The van der Waals surface area contributed by atoms with Gasteiger partial charge in [-0.2, -0.15) is 0 Å². The van der Waals surface area contributed by atoms with Gasteiger partial charge >= 0.3 is 0 Å². The van der Waals surface area contributed by atoms with Crippen LogP contribution in [0, 0.1) is 0 Å². The predicted molar refractivity (Wildman–Crippen MR) is 125 cm³/mol. The molecule has 0 saturated carbocycles. The van der Waals surface area contributed by atoms with Crippen LogP contribution >= 0.6 is 0 Å². The zero-order chi connectivity index (χ0) is 24.1. The highest BCUT2D eigenvalue weighted by molar-refractivity contribution is 5.95. The number of aromatic hydroxyl groups is 1. The van der Waals surface area contributed by atoms with E-state index in [0.717, 1.165) is 12.1 Å². The number of amides is 1. The monoisotopic (exact) mass is 452 g/mol. The van der Waals surface area contributed by atoms with Gasteiger partial charge in [0.15, 0.2) is 17.2 Å². The Hall–Kier alpha value is -3.85. The summed E-state index contributed by atoms with van der Waals surface area (Å²) in [4.78, 5) is 31.8. The topological polar surface area (TPSA) is 106 Å². The van der Waals surface area contributed by atoms with Crippen LogP contribution in [0.5, 0.6) is 17.2 Å². The van der Waals surface area contributed by atoms with Crippen LogP contribution in [0.25, 0.3) is 11.4 Å². The summed E-state index contributed by atoms with van der Waals surface area (Å²) in [5, 5.41) is 13.0. The molecule has 174 valence electrons. The molecule has 0 radical (unpaired) electrons. The van der Waals surface area contributed by atoms with E-state index in [0.29, 0.717) is 22.6 Å². The zero-order valence-electron chi connectivity index (χ0n) is 19.4. The van der Waals surface area contributed by atoms with Crippen molar-refractivity contribution < 1.29 is 19.4 Å². The second-order valence-corrected chi connectivity index (χ2v) is 7.77. The number of hydrogen-bond donors (Lipinski definition) is 2. The number of aromatic nitrogens is 2. The minimum Gasteiger partial charge on any atom is -0.501 e. The largest absolute Gasteiger partial charge is 0.501 e. The Labute approximate surface area is 192 Å². The van der Waals surface area contributed by atoms with Gasteiger partial charge in [-0.3, -0.25) is 14.2 Å². The van der Waals surface area contributed by atoms with Crippen molar-refractivity contribution in [2.45, 2.75) is 13.1 Å². The molecule has 0 saturated heterocycles. The first-order valence-corrected chi connectivity index (χ1v) is 10.3. The van der Waals surface area contributed by atoms with Crippen LogP contribution in [0.4, 0.5) is 0 Å². The first-order valence-electron chi connectivity index (χ1n) is 10.3. The molecular formula is C24H28N4O5. The van der Waals surface area contributed by atoms with Crippen molar-refractivity contribution in [3.05, 3.63) is 69.6 Å². The van der Waals surface area contributed by atoms with Gasteiger partial charge in [0, 0.05) is 31.3 Å². The average Bonchev–Trinajstić information content (AvgIpc) is 2.81. The fourth-order valence-corrected chi connectivity index (χ4v) is 3.48. The summed E-state index contributed by atoms with van der Waals surface area (Å²) in [7, 11) is 8.49. The molecule has 3 rings (SSSR count). The smallest absolute Gasteiger partial charge is 0.296 e. The molecule has 1 amide bonds. The summed E-state index contributed by atoms with van der Waals surface area (Å²) in [6, 6.07) is 12.8. The molecule has 33 heavy (non-hydrogen) atoms. The van der Waals surface area contributed by atoms with Crippen LogP contribution in [-0.2, 0) is 20.1 Å². The minimum absolute atomic E-state index is 0.0874. The van der Waals surface area contributed by atoms with Gasteiger partial charge in [0.2, 0.25) is 5.75 Å². The first kappa shape index (κ1) is 23.8. The lowest BCUT2D eigenvalue weighted by molar-refractivity contribution is 0.0942. The summed E-state index contributed by atoms with van der Waals surface area (Å²) >= 11 is 0. The van der Waals surface area contributed by atoms with Crippen molar-refractivity contribution in [1.82, 2.24) is 19.8 Å². The van der Waals surface area contributed by atoms with Gasteiger partial charge in [0.25, 0.3) is 11.5 Å². The van der Waals surface area contributed by atoms with Crippen LogP contribution < -0.4 is 20.3 Å². The molecule has 3 aromatic rings. The molecule has 0 spiro atoms. The van der Waals surface area contributed by atoms with E-state index in [1.807, 2.05) is 43.3 Å². The fourth-order valence-electron chi connectivity index (χ4n) is 3.48. The van der Waals surface area contributed by atoms with Crippen LogP contribution in [0.3, 0.4) is 0 Å². The van der Waals surface area contributed by atoms with Crippen LogP contribution in [0.1, 0.15) is 21.6 Å². The Bertz CT molecular complexity index is 1200. The van der Waals surface area contributed by atoms with Crippen molar-refractivity contribution >= 4 is 5.91 Å². The third-order valence-corrected chi connectivity index (χ3v) is 5.12. The second-order valence-electron chi connectivity index (χ2n) is 7.77. The van der Waals surface area contributed by atoms with Gasteiger partial charge in [-0.15, -0.1) is 0 Å². The summed E-state index contributed by atoms with van der Waals surface area (Å²) in [6.45, 7) is 0.855. The lowest BCUT2D eigenvalue weighted by atomic mass is 10.1. The van der Waals surface area contributed by atoms with Crippen molar-refractivity contribution in [1.29, 1.82) is 0 Å². The normalized spacial score (nSPS) is 10.8. The highest BCUT2D eigenvalue weighted by atomic mass is 16.5. The maximum absolute atomic E-state index is 12.9. The number of rotatable bonds is 8. The van der Waals surface area contributed by atoms with E-state index in [4.69, 9.17) is 9.47 Å². The Balaban J connectivity index is 1.90. The Morgan fingerprint density at radius 2 is 1.82 bits per heavy atom. The number of para-hydroxylation sites is 1. The number of hydrogen-bond acceptors (Lipinski definition) is 7. The zero-order valence-corrected chi connectivity index (χ0v) is 19.4. The number of methoxy groups -OCH3 is 2. The molecule has 9 heteroatoms. The second kappa shape index (κ2) is 10.2. The molecule has 9 nitrogen and oxygen atoms in total. The number of nitrogens with zero attached hydrogens (tertiary/aromatic N) is 3. The number of nitrogens with one attached hydrogen (secondary N) is 1. The Morgan fingerprint density at radius 3 is 2.42 bits per heavy atom. The standard InChI is InChI=1S/C24H28N4O5/c1-27(2)14-15-9-11-16(12-10-15)22-26-19(20(29)24(31)28(22)3)23(30)25-13-17-7-6-8-18(32-4)21(17)33-5/h6-12,29H,13-14H2,1-5H3,(H,25,30). The molecular weight excluding hydrogens is 424 g/mol. The SMILES string of the molecule is COc1cccc(CNC(=O)c2nc(-c3ccc(CN(C)C)cc3)n(C)c(=O)c2O)c1OC. The van der Waals surface area contributed by atoms with Crippen molar-refractivity contribution in [2.24, 2.45) is 7.05 Å². The minimum atomic E-state index is -0.708. The van der Waals surface area contributed by atoms with Crippen molar-refractivity contribution in [3.63, 3.8) is 0 Å². The number of carbonyl (C=O) groups is 1. The molecule has 1 heterocycles. The van der Waals surface area contributed by atoms with Crippen LogP contribution in [0.15, 0.2) is 47.3 Å². The lowest BCUT2D eigenvalue weighted by Gasteiger charge is -2.14. The van der Waals surface area contributed by atoms with E-state index >= 15 is 0 Å². The molecule has 1 aromatic heterocycles. The molecule has 2 aromatic carbocycles. The van der Waals surface area contributed by atoms with Gasteiger partial charge in [-0.05, 0) is 25.7 Å². The Kier molecular flexibility index (Phi) is 7.34. The third kappa shape index (κ3) is 5.15. The molecule has 2 N–H and O–H groups in total. The third-order valence-electron chi connectivity index (χ3n) is 5.12. The van der Waals surface area contributed by atoms with E-state index < -0.39 is 17.2 Å². The molecule has 0 bridgehead atoms. The quantitative estimate of drug-likeness (QED) is 0.540. The highest BCUT2D eigenvalue weighted by Crippen LogP contribution is 2.30. The predicted octanol–water partition coefficient (Wildman–Crippen LogP) is 2.16. The maximum atomic E-state index is 12.9. The van der Waals surface area contributed by atoms with Gasteiger partial charge in [0.05, 0.1) is 14.2 Å². The molecule has 0 aliphatic heterocycles. The summed E-state index contributed by atoms with van der Waals surface area (Å²) in [6.07, 6.45) is 0. The molecule has 0 unspecified atom stereocenters. The lowest BCUT2D eigenvalue weighted by Crippen LogP contribution is -2.29. The van der Waals surface area contributed by atoms with E-state index in [1.165, 1.54) is 25.8 Å². The van der Waals surface area contributed by atoms with E-state index in [2.05, 4.69) is 10.3 Å². The van der Waals surface area contributed by atoms with Crippen LogP contribution in [-0.4, -0.2) is 53.8 Å². The maximum Gasteiger partial charge on any atom is 0.296 e. The summed E-state index contributed by atoms with van der Waals surface area (Å²) < 4.78 is 11.9. The number of ether oxygens (including phenoxy) is 2. The van der Waals surface area contributed by atoms with Crippen molar-refractivity contribution in [3.8, 4) is 28.6 Å². The fraction of sp³-hybridized carbons (Fsp3) is 0.292. The van der Waals surface area contributed by atoms with Gasteiger partial charge < -0.3 is 24.8 Å². The molecule has 0 aliphatic carbocycles.